The highest BCUT2D eigenvalue weighted by molar-refractivity contribution is 5.97. The van der Waals surface area contributed by atoms with Gasteiger partial charge in [-0.25, -0.2) is 9.07 Å². The predicted molar refractivity (Wildman–Crippen MR) is 140 cm³/mol. The normalized spacial score (nSPS) is 14.2. The van der Waals surface area contributed by atoms with Crippen LogP contribution >= 0.6 is 0 Å². The number of halogens is 1. The van der Waals surface area contributed by atoms with Crippen LogP contribution in [0.4, 0.5) is 10.1 Å². The summed E-state index contributed by atoms with van der Waals surface area (Å²) in [7, 11) is 0. The first-order chi connectivity index (χ1) is 17.6. The fourth-order valence-electron chi connectivity index (χ4n) is 4.62. The molecule has 2 aromatic carbocycles. The van der Waals surface area contributed by atoms with E-state index in [1.165, 1.54) is 11.6 Å². The van der Waals surface area contributed by atoms with Gasteiger partial charge < -0.3 is 14.8 Å². The molecule has 1 aliphatic heterocycles. The summed E-state index contributed by atoms with van der Waals surface area (Å²) < 4.78 is 17.8. The second kappa shape index (κ2) is 10.8. The number of aromatic nitrogens is 3. The van der Waals surface area contributed by atoms with Crippen LogP contribution in [0.15, 0.2) is 79.3 Å². The summed E-state index contributed by atoms with van der Waals surface area (Å²) in [5.74, 6) is 0.408. The highest BCUT2D eigenvalue weighted by atomic mass is 19.1. The van der Waals surface area contributed by atoms with Crippen molar-refractivity contribution in [2.24, 2.45) is 0 Å². The SMILES string of the molecule is Cc1ccc(-n2ncc(C(=O)NCCCN3CCN(c4ccccc4F)CC3)c2-n2cccc2)cc1. The average Bonchev–Trinajstić information content (AvgIpc) is 3.58. The molecule has 1 aliphatic rings. The molecule has 0 unspecified atom stereocenters. The van der Waals surface area contributed by atoms with E-state index in [0.29, 0.717) is 23.6 Å². The molecule has 1 N–H and O–H groups in total. The topological polar surface area (TPSA) is 58.3 Å². The summed E-state index contributed by atoms with van der Waals surface area (Å²) in [5, 5.41) is 7.59. The van der Waals surface area contributed by atoms with E-state index >= 15 is 0 Å². The molecule has 36 heavy (non-hydrogen) atoms. The maximum absolute atomic E-state index is 14.1. The van der Waals surface area contributed by atoms with Crippen molar-refractivity contribution in [3.05, 3.63) is 96.2 Å². The number of nitrogens with zero attached hydrogens (tertiary/aromatic N) is 5. The monoisotopic (exact) mass is 486 g/mol. The molecule has 0 saturated carbocycles. The van der Waals surface area contributed by atoms with Gasteiger partial charge in [0.15, 0.2) is 5.82 Å². The Balaban J connectivity index is 1.16. The molecular formula is C28H31FN6O. The number of carbonyl (C=O) groups excluding carboxylic acids is 1. The van der Waals surface area contributed by atoms with Gasteiger partial charge in [0.2, 0.25) is 0 Å². The summed E-state index contributed by atoms with van der Waals surface area (Å²) in [6.07, 6.45) is 6.31. The first kappa shape index (κ1) is 23.8. The molecule has 1 amide bonds. The Morgan fingerprint density at radius 2 is 1.69 bits per heavy atom. The third-order valence-electron chi connectivity index (χ3n) is 6.62. The van der Waals surface area contributed by atoms with Crippen LogP contribution in [0, 0.1) is 12.7 Å². The van der Waals surface area contributed by atoms with Crippen LogP contribution in [-0.2, 0) is 0 Å². The number of carbonyl (C=O) groups is 1. The van der Waals surface area contributed by atoms with Gasteiger partial charge in [0.05, 0.1) is 17.6 Å². The number of hydrogen-bond acceptors (Lipinski definition) is 4. The molecule has 2 aromatic heterocycles. The first-order valence-corrected chi connectivity index (χ1v) is 12.4. The molecule has 0 spiro atoms. The number of hydrogen-bond donors (Lipinski definition) is 1. The van der Waals surface area contributed by atoms with Gasteiger partial charge in [-0.3, -0.25) is 9.69 Å². The van der Waals surface area contributed by atoms with E-state index in [4.69, 9.17) is 0 Å². The van der Waals surface area contributed by atoms with Crippen LogP contribution in [0.2, 0.25) is 0 Å². The van der Waals surface area contributed by atoms with Crippen molar-refractivity contribution in [3.8, 4) is 11.5 Å². The fraction of sp³-hybridized carbons (Fsp3) is 0.286. The summed E-state index contributed by atoms with van der Waals surface area (Å²) in [4.78, 5) is 17.6. The molecule has 8 heteroatoms. The molecule has 0 aliphatic carbocycles. The van der Waals surface area contributed by atoms with Crippen LogP contribution in [0.1, 0.15) is 22.3 Å². The number of amides is 1. The van der Waals surface area contributed by atoms with Gasteiger partial charge in [0.25, 0.3) is 5.91 Å². The zero-order chi connectivity index (χ0) is 24.9. The van der Waals surface area contributed by atoms with Crippen molar-refractivity contribution in [1.29, 1.82) is 0 Å². The van der Waals surface area contributed by atoms with Gasteiger partial charge in [-0.15, -0.1) is 0 Å². The molecule has 5 rings (SSSR count). The highest BCUT2D eigenvalue weighted by Crippen LogP contribution is 2.21. The average molecular weight is 487 g/mol. The second-order valence-corrected chi connectivity index (χ2v) is 9.11. The summed E-state index contributed by atoms with van der Waals surface area (Å²) in [6.45, 7) is 6.86. The lowest BCUT2D eigenvalue weighted by Gasteiger charge is -2.36. The van der Waals surface area contributed by atoms with Crippen LogP contribution in [-0.4, -0.2) is 64.4 Å². The third-order valence-corrected chi connectivity index (χ3v) is 6.62. The number of benzene rings is 2. The smallest absolute Gasteiger partial charge is 0.256 e. The lowest BCUT2D eigenvalue weighted by molar-refractivity contribution is 0.0951. The maximum Gasteiger partial charge on any atom is 0.256 e. The Morgan fingerprint density at radius 3 is 2.42 bits per heavy atom. The Hall–Kier alpha value is -3.91. The minimum absolute atomic E-state index is 0.138. The molecule has 0 radical (unpaired) electrons. The first-order valence-electron chi connectivity index (χ1n) is 12.4. The van der Waals surface area contributed by atoms with Gasteiger partial charge >= 0.3 is 0 Å². The van der Waals surface area contributed by atoms with Crippen LogP contribution in [0.25, 0.3) is 11.5 Å². The maximum atomic E-state index is 14.1. The van der Waals surface area contributed by atoms with Gasteiger partial charge in [0.1, 0.15) is 11.4 Å². The lowest BCUT2D eigenvalue weighted by atomic mass is 10.2. The van der Waals surface area contributed by atoms with E-state index in [1.807, 2.05) is 72.4 Å². The Bertz CT molecular complexity index is 1290. The summed E-state index contributed by atoms with van der Waals surface area (Å²) in [5.41, 5.74) is 3.28. The Kier molecular flexibility index (Phi) is 7.13. The molecule has 0 bridgehead atoms. The van der Waals surface area contributed by atoms with Crippen LogP contribution in [0.5, 0.6) is 0 Å². The standard InChI is InChI=1S/C28H31FN6O/c1-22-9-11-23(12-10-22)35-28(34-15-4-5-16-34)24(21-31-35)27(36)30-13-6-14-32-17-19-33(20-18-32)26-8-3-2-7-25(26)29/h2-5,7-12,15-16,21H,6,13-14,17-20H2,1H3,(H,30,36). The quantitative estimate of drug-likeness (QED) is 0.382. The molecule has 4 aromatic rings. The van der Waals surface area contributed by atoms with E-state index in [1.54, 1.807) is 16.9 Å². The number of aryl methyl sites for hydroxylation is 1. The highest BCUT2D eigenvalue weighted by Gasteiger charge is 2.21. The van der Waals surface area contributed by atoms with Crippen molar-refractivity contribution in [2.45, 2.75) is 13.3 Å². The van der Waals surface area contributed by atoms with Crippen molar-refractivity contribution in [1.82, 2.24) is 24.6 Å². The van der Waals surface area contributed by atoms with E-state index in [0.717, 1.165) is 44.8 Å². The zero-order valence-corrected chi connectivity index (χ0v) is 20.5. The third kappa shape index (κ3) is 5.18. The second-order valence-electron chi connectivity index (χ2n) is 9.11. The minimum Gasteiger partial charge on any atom is -0.367 e. The Morgan fingerprint density at radius 1 is 0.972 bits per heavy atom. The molecule has 3 heterocycles. The molecule has 1 fully saturated rings. The predicted octanol–water partition coefficient (Wildman–Crippen LogP) is 4.05. The number of piperazine rings is 1. The van der Waals surface area contributed by atoms with Crippen molar-refractivity contribution < 1.29 is 9.18 Å². The van der Waals surface area contributed by atoms with Gasteiger partial charge in [-0.05, 0) is 56.3 Å². The van der Waals surface area contributed by atoms with Gasteiger partial charge in [0, 0.05) is 45.1 Å². The van der Waals surface area contributed by atoms with E-state index in [-0.39, 0.29) is 11.7 Å². The van der Waals surface area contributed by atoms with E-state index in [2.05, 4.69) is 20.2 Å². The fourth-order valence-corrected chi connectivity index (χ4v) is 4.62. The van der Waals surface area contributed by atoms with Crippen LogP contribution < -0.4 is 10.2 Å². The van der Waals surface area contributed by atoms with Crippen molar-refractivity contribution in [2.75, 3.05) is 44.2 Å². The molecule has 0 atom stereocenters. The van der Waals surface area contributed by atoms with E-state index in [9.17, 15) is 9.18 Å². The minimum atomic E-state index is -0.168. The lowest BCUT2D eigenvalue weighted by Crippen LogP contribution is -2.47. The molecule has 1 saturated heterocycles. The molecule has 186 valence electrons. The molecule has 7 nitrogen and oxygen atoms in total. The summed E-state index contributed by atoms with van der Waals surface area (Å²) >= 11 is 0. The zero-order valence-electron chi connectivity index (χ0n) is 20.5. The van der Waals surface area contributed by atoms with Gasteiger partial charge in [-0.2, -0.15) is 5.10 Å². The number of para-hydroxylation sites is 1. The van der Waals surface area contributed by atoms with E-state index < -0.39 is 0 Å². The van der Waals surface area contributed by atoms with Crippen molar-refractivity contribution in [3.63, 3.8) is 0 Å². The van der Waals surface area contributed by atoms with Crippen molar-refractivity contribution >= 4 is 11.6 Å². The number of nitrogens with one attached hydrogen (secondary N) is 1. The Labute approximate surface area is 210 Å². The summed E-state index contributed by atoms with van der Waals surface area (Å²) in [6, 6.07) is 18.9. The van der Waals surface area contributed by atoms with Crippen LogP contribution in [0.3, 0.4) is 0 Å². The molecular weight excluding hydrogens is 455 g/mol. The van der Waals surface area contributed by atoms with Gasteiger partial charge in [-0.1, -0.05) is 29.8 Å². The largest absolute Gasteiger partial charge is 0.367 e. The number of rotatable bonds is 8. The number of anilines is 1.